The number of halogens is 2. The maximum absolute atomic E-state index is 14.8. The molecule has 166 valence electrons. The van der Waals surface area contributed by atoms with Crippen LogP contribution in [-0.2, 0) is 6.42 Å². The molecule has 3 nitrogen and oxygen atoms in total. The lowest BCUT2D eigenvalue weighted by molar-refractivity contribution is 0.591. The second-order valence-electron chi connectivity index (χ2n) is 7.60. The number of rotatable bonds is 6. The topological polar surface area (TPSA) is 29.3 Å². The van der Waals surface area contributed by atoms with Crippen molar-refractivity contribution < 1.29 is 8.78 Å². The van der Waals surface area contributed by atoms with Crippen molar-refractivity contribution in [2.75, 3.05) is 5.32 Å². The van der Waals surface area contributed by atoms with E-state index in [-0.39, 0.29) is 6.42 Å². The average Bonchev–Trinajstić information content (AvgIpc) is 3.35. The summed E-state index contributed by atoms with van der Waals surface area (Å²) in [5.74, 6) is 4.37. The summed E-state index contributed by atoms with van der Waals surface area (Å²) in [5, 5.41) is 5.54. The van der Waals surface area contributed by atoms with Gasteiger partial charge in [0.2, 0.25) is 0 Å². The maximum Gasteiger partial charge on any atom is 0.196 e. The summed E-state index contributed by atoms with van der Waals surface area (Å²) in [6, 6.07) is 16.0. The molecule has 1 N–H and O–H groups in total. The third-order valence-corrected chi connectivity index (χ3v) is 6.04. The molecule has 2 heterocycles. The molecular weight excluding hydrogens is 436 g/mol. The Kier molecular flexibility index (Phi) is 6.71. The molecular formula is C27H23F2N3S. The van der Waals surface area contributed by atoms with Crippen molar-refractivity contribution in [2.45, 2.75) is 27.2 Å². The Hall–Kier alpha value is -3.69. The molecule has 0 bridgehead atoms. The first-order chi connectivity index (χ1) is 16.0. The van der Waals surface area contributed by atoms with Gasteiger partial charge in [0.15, 0.2) is 4.96 Å². The minimum Gasteiger partial charge on any atom is -0.339 e. The fourth-order valence-electron chi connectivity index (χ4n) is 3.64. The first kappa shape index (κ1) is 22.5. The van der Waals surface area contributed by atoms with Gasteiger partial charge in [-0.1, -0.05) is 54.5 Å². The van der Waals surface area contributed by atoms with Crippen molar-refractivity contribution >= 4 is 27.8 Å². The van der Waals surface area contributed by atoms with E-state index < -0.39 is 11.7 Å². The predicted molar refractivity (Wildman–Crippen MR) is 133 cm³/mol. The van der Waals surface area contributed by atoms with Gasteiger partial charge in [0.05, 0.1) is 11.4 Å². The van der Waals surface area contributed by atoms with Crippen molar-refractivity contribution in [3.05, 3.63) is 94.5 Å². The van der Waals surface area contributed by atoms with Crippen LogP contribution >= 0.6 is 11.3 Å². The maximum atomic E-state index is 14.8. The van der Waals surface area contributed by atoms with E-state index in [4.69, 9.17) is 4.98 Å². The lowest BCUT2D eigenvalue weighted by atomic mass is 10.1. The summed E-state index contributed by atoms with van der Waals surface area (Å²) in [7, 11) is 0. The molecule has 0 atom stereocenters. The fourth-order valence-corrected chi connectivity index (χ4v) is 4.55. The van der Waals surface area contributed by atoms with Gasteiger partial charge >= 0.3 is 0 Å². The average molecular weight is 460 g/mol. The summed E-state index contributed by atoms with van der Waals surface area (Å²) in [4.78, 5) is 5.43. The van der Waals surface area contributed by atoms with Crippen LogP contribution in [0.15, 0.2) is 77.7 Å². The minimum atomic E-state index is -0.725. The summed E-state index contributed by atoms with van der Waals surface area (Å²) < 4.78 is 30.7. The molecule has 0 aliphatic rings. The molecule has 33 heavy (non-hydrogen) atoms. The van der Waals surface area contributed by atoms with Gasteiger partial charge in [-0.15, -0.1) is 17.3 Å². The molecule has 0 aliphatic carbocycles. The molecule has 0 saturated heterocycles. The van der Waals surface area contributed by atoms with Crippen LogP contribution in [0.25, 0.3) is 16.2 Å². The molecule has 2 aromatic heterocycles. The van der Waals surface area contributed by atoms with Gasteiger partial charge < -0.3 is 5.32 Å². The number of aryl methyl sites for hydroxylation is 2. The van der Waals surface area contributed by atoms with E-state index in [0.717, 1.165) is 45.2 Å². The van der Waals surface area contributed by atoms with Crippen molar-refractivity contribution in [3.8, 4) is 23.1 Å². The number of hydrogen-bond acceptors (Lipinski definition) is 3. The van der Waals surface area contributed by atoms with Crippen LogP contribution in [-0.4, -0.2) is 9.38 Å². The highest BCUT2D eigenvalue weighted by atomic mass is 32.1. The second-order valence-corrected chi connectivity index (χ2v) is 8.43. The third kappa shape index (κ3) is 4.89. The molecule has 4 rings (SSSR count). The molecule has 4 aromatic rings. The monoisotopic (exact) mass is 459 g/mol. The molecule has 2 aromatic carbocycles. The highest BCUT2D eigenvalue weighted by molar-refractivity contribution is 7.15. The first-order valence-corrected chi connectivity index (χ1v) is 11.4. The molecule has 0 saturated carbocycles. The van der Waals surface area contributed by atoms with Crippen LogP contribution in [0.5, 0.6) is 0 Å². The van der Waals surface area contributed by atoms with Gasteiger partial charge in [0.1, 0.15) is 17.5 Å². The Morgan fingerprint density at radius 1 is 1.09 bits per heavy atom. The van der Waals surface area contributed by atoms with E-state index in [2.05, 4.69) is 17.2 Å². The molecule has 0 radical (unpaired) electrons. The van der Waals surface area contributed by atoms with Crippen LogP contribution in [0.4, 0.5) is 20.3 Å². The normalized spacial score (nSPS) is 12.0. The van der Waals surface area contributed by atoms with Crippen molar-refractivity contribution in [1.82, 2.24) is 9.38 Å². The van der Waals surface area contributed by atoms with Crippen molar-refractivity contribution in [1.29, 1.82) is 0 Å². The highest BCUT2D eigenvalue weighted by Crippen LogP contribution is 2.35. The Morgan fingerprint density at radius 2 is 1.82 bits per heavy atom. The molecule has 6 heteroatoms. The lowest BCUT2D eigenvalue weighted by Gasteiger charge is -2.14. The zero-order valence-corrected chi connectivity index (χ0v) is 19.4. The highest BCUT2D eigenvalue weighted by Gasteiger charge is 2.20. The smallest absolute Gasteiger partial charge is 0.196 e. The van der Waals surface area contributed by atoms with E-state index in [9.17, 15) is 8.78 Å². The first-order valence-electron chi connectivity index (χ1n) is 10.5. The summed E-state index contributed by atoms with van der Waals surface area (Å²) in [6.07, 6.45) is 1.77. The quantitative estimate of drug-likeness (QED) is 0.236. The number of hydrogen-bond donors (Lipinski definition) is 1. The van der Waals surface area contributed by atoms with E-state index >= 15 is 0 Å². The number of thiazole rings is 1. The van der Waals surface area contributed by atoms with Gasteiger partial charge in [0, 0.05) is 29.6 Å². The van der Waals surface area contributed by atoms with E-state index in [1.165, 1.54) is 11.3 Å². The molecule has 0 fully saturated rings. The van der Waals surface area contributed by atoms with E-state index in [1.54, 1.807) is 6.92 Å². The number of nitrogens with one attached hydrogen (secondary N) is 1. The zero-order valence-electron chi connectivity index (χ0n) is 18.6. The number of benzene rings is 2. The fraction of sp³-hybridized carbons (Fsp3) is 0.148. The summed E-state index contributed by atoms with van der Waals surface area (Å²) in [5.41, 5.74) is 5.56. The number of fused-ring (bicyclic) bond motifs is 1. The Bertz CT molecular complexity index is 1400. The Labute approximate surface area is 196 Å². The van der Waals surface area contributed by atoms with Crippen LogP contribution in [0.1, 0.15) is 23.7 Å². The third-order valence-electron chi connectivity index (χ3n) is 5.22. The lowest BCUT2D eigenvalue weighted by Crippen LogP contribution is -2.03. The number of imidazole rings is 1. The molecule has 0 spiro atoms. The standard InChI is InChI=1S/C27H23F2N3S/c1-4-5-14-21(28)15-22(29)16-23-26(31-25-18(2)10-9-11-19(25)3)32-24(17-33-27(32)30-23)20-12-7-6-8-13-20/h6-15,17,31H,16H2,1-3H3/b21-14+,22-15+. The minimum absolute atomic E-state index is 0.142. The van der Waals surface area contributed by atoms with Crippen molar-refractivity contribution in [3.63, 3.8) is 0 Å². The van der Waals surface area contributed by atoms with Crippen LogP contribution < -0.4 is 5.32 Å². The van der Waals surface area contributed by atoms with Crippen LogP contribution in [0.2, 0.25) is 0 Å². The van der Waals surface area contributed by atoms with Gasteiger partial charge in [-0.3, -0.25) is 4.40 Å². The zero-order chi connectivity index (χ0) is 23.4. The van der Waals surface area contributed by atoms with Gasteiger partial charge in [-0.25, -0.2) is 13.8 Å². The Morgan fingerprint density at radius 3 is 2.52 bits per heavy atom. The summed E-state index contributed by atoms with van der Waals surface area (Å²) in [6.45, 7) is 5.64. The van der Waals surface area contributed by atoms with Crippen LogP contribution in [0, 0.1) is 25.7 Å². The molecule has 0 amide bonds. The van der Waals surface area contributed by atoms with Gasteiger partial charge in [0.25, 0.3) is 0 Å². The van der Waals surface area contributed by atoms with Crippen LogP contribution in [0.3, 0.4) is 0 Å². The van der Waals surface area contributed by atoms with E-state index in [0.29, 0.717) is 11.5 Å². The number of para-hydroxylation sites is 1. The SMILES string of the molecule is CC#C/C=C(F)\C=C(\F)Cc1nc2scc(-c3ccccc3)n2c1Nc1c(C)cccc1C. The predicted octanol–water partition coefficient (Wildman–Crippen LogP) is 7.70. The molecule has 0 aliphatic heterocycles. The molecule has 0 unspecified atom stereocenters. The number of anilines is 2. The number of nitrogens with zero attached hydrogens (tertiary/aromatic N) is 2. The summed E-state index contributed by atoms with van der Waals surface area (Å²) >= 11 is 1.48. The van der Waals surface area contributed by atoms with Gasteiger partial charge in [-0.2, -0.15) is 0 Å². The van der Waals surface area contributed by atoms with Crippen molar-refractivity contribution in [2.24, 2.45) is 0 Å². The number of allylic oxidation sites excluding steroid dienone is 4. The van der Waals surface area contributed by atoms with Gasteiger partial charge in [-0.05, 0) is 37.5 Å². The Balaban J connectivity index is 1.84. The largest absolute Gasteiger partial charge is 0.339 e. The number of aromatic nitrogens is 2. The van der Waals surface area contributed by atoms with E-state index in [1.807, 2.05) is 72.2 Å². The second kappa shape index (κ2) is 9.85.